The summed E-state index contributed by atoms with van der Waals surface area (Å²) in [5, 5.41) is 20.2. The average molecular weight is 337 g/mol. The first kappa shape index (κ1) is 18.7. The SMILES string of the molecule is CCNC(=NCC1(CCO)CCOC1)NCCCc1cnn(C)c1. The van der Waals surface area contributed by atoms with Gasteiger partial charge in [0, 0.05) is 45.0 Å². The maximum atomic E-state index is 9.30. The summed E-state index contributed by atoms with van der Waals surface area (Å²) in [7, 11) is 1.94. The minimum absolute atomic E-state index is 0.00713. The van der Waals surface area contributed by atoms with Gasteiger partial charge in [0.15, 0.2) is 5.96 Å². The molecular weight excluding hydrogens is 306 g/mol. The van der Waals surface area contributed by atoms with E-state index in [1.165, 1.54) is 5.56 Å². The first-order valence-electron chi connectivity index (χ1n) is 8.86. The van der Waals surface area contributed by atoms with Gasteiger partial charge in [-0.05, 0) is 38.2 Å². The Labute approximate surface area is 144 Å². The van der Waals surface area contributed by atoms with Crippen molar-refractivity contribution in [2.24, 2.45) is 17.5 Å². The maximum absolute atomic E-state index is 9.30. The Morgan fingerprint density at radius 1 is 1.50 bits per heavy atom. The molecule has 0 bridgehead atoms. The normalized spacial score (nSPS) is 21.2. The number of nitrogens with zero attached hydrogens (tertiary/aromatic N) is 3. The molecule has 1 aromatic rings. The van der Waals surface area contributed by atoms with E-state index in [-0.39, 0.29) is 12.0 Å². The standard InChI is InChI=1S/C17H31N5O2/c1-3-18-16(19-8-4-5-15-11-21-22(2)12-15)20-13-17(6-9-23)7-10-24-14-17/h11-12,23H,3-10,13-14H2,1-2H3,(H2,18,19,20). The molecule has 0 radical (unpaired) electrons. The maximum Gasteiger partial charge on any atom is 0.191 e. The quantitative estimate of drug-likeness (QED) is 0.351. The molecule has 1 atom stereocenters. The number of aromatic nitrogens is 2. The van der Waals surface area contributed by atoms with Gasteiger partial charge in [0.05, 0.1) is 19.3 Å². The second-order valence-corrected chi connectivity index (χ2v) is 6.52. The highest BCUT2D eigenvalue weighted by molar-refractivity contribution is 5.79. The van der Waals surface area contributed by atoms with Crippen LogP contribution in [0.15, 0.2) is 17.4 Å². The van der Waals surface area contributed by atoms with Gasteiger partial charge in [-0.3, -0.25) is 9.67 Å². The van der Waals surface area contributed by atoms with Gasteiger partial charge in [-0.2, -0.15) is 5.10 Å². The van der Waals surface area contributed by atoms with E-state index in [4.69, 9.17) is 9.73 Å². The van der Waals surface area contributed by atoms with Crippen LogP contribution in [0.3, 0.4) is 0 Å². The zero-order chi connectivity index (χ0) is 17.3. The van der Waals surface area contributed by atoms with E-state index in [2.05, 4.69) is 28.9 Å². The zero-order valence-corrected chi connectivity index (χ0v) is 14.9. The third-order valence-corrected chi connectivity index (χ3v) is 4.44. The van der Waals surface area contributed by atoms with Gasteiger partial charge >= 0.3 is 0 Å². The first-order chi connectivity index (χ1) is 11.7. The van der Waals surface area contributed by atoms with Crippen LogP contribution in [0, 0.1) is 5.41 Å². The van der Waals surface area contributed by atoms with Crippen molar-refractivity contribution in [3.8, 4) is 0 Å². The predicted molar refractivity (Wildman–Crippen MR) is 95.1 cm³/mol. The van der Waals surface area contributed by atoms with Crippen molar-refractivity contribution in [2.45, 2.75) is 32.6 Å². The molecule has 1 fully saturated rings. The van der Waals surface area contributed by atoms with Crippen molar-refractivity contribution < 1.29 is 9.84 Å². The molecule has 0 amide bonds. The summed E-state index contributed by atoms with van der Waals surface area (Å²) in [6.45, 7) is 6.10. The van der Waals surface area contributed by atoms with Crippen molar-refractivity contribution in [3.05, 3.63) is 18.0 Å². The lowest BCUT2D eigenvalue weighted by molar-refractivity contribution is 0.131. The minimum atomic E-state index is -0.00713. The molecule has 0 aliphatic carbocycles. The number of aryl methyl sites for hydroxylation is 2. The van der Waals surface area contributed by atoms with Crippen LogP contribution in [-0.4, -0.2) is 60.3 Å². The van der Waals surface area contributed by atoms with Crippen molar-refractivity contribution in [1.29, 1.82) is 0 Å². The molecular formula is C17H31N5O2. The van der Waals surface area contributed by atoms with Crippen LogP contribution in [0.2, 0.25) is 0 Å². The van der Waals surface area contributed by atoms with Crippen LogP contribution in [-0.2, 0) is 18.2 Å². The third kappa shape index (κ3) is 5.79. The molecule has 3 N–H and O–H groups in total. The van der Waals surface area contributed by atoms with E-state index in [0.717, 1.165) is 51.3 Å². The second kappa shape index (κ2) is 9.64. The Kier molecular flexibility index (Phi) is 7.52. The van der Waals surface area contributed by atoms with Gasteiger partial charge in [0.2, 0.25) is 0 Å². The summed E-state index contributed by atoms with van der Waals surface area (Å²) in [5.41, 5.74) is 1.25. The number of hydrogen-bond donors (Lipinski definition) is 3. The van der Waals surface area contributed by atoms with E-state index < -0.39 is 0 Å². The zero-order valence-electron chi connectivity index (χ0n) is 14.9. The highest BCUT2D eigenvalue weighted by atomic mass is 16.5. The largest absolute Gasteiger partial charge is 0.396 e. The van der Waals surface area contributed by atoms with Gasteiger partial charge in [-0.15, -0.1) is 0 Å². The Morgan fingerprint density at radius 3 is 3.00 bits per heavy atom. The van der Waals surface area contributed by atoms with Crippen molar-refractivity contribution in [3.63, 3.8) is 0 Å². The van der Waals surface area contributed by atoms with E-state index in [1.54, 1.807) is 0 Å². The highest BCUT2D eigenvalue weighted by Gasteiger charge is 2.34. The van der Waals surface area contributed by atoms with E-state index in [9.17, 15) is 5.11 Å². The van der Waals surface area contributed by atoms with E-state index in [0.29, 0.717) is 13.2 Å². The molecule has 0 aromatic carbocycles. The van der Waals surface area contributed by atoms with Crippen LogP contribution >= 0.6 is 0 Å². The molecule has 24 heavy (non-hydrogen) atoms. The summed E-state index contributed by atoms with van der Waals surface area (Å²) < 4.78 is 7.36. The Hall–Kier alpha value is -1.60. The molecule has 7 nitrogen and oxygen atoms in total. The molecule has 1 saturated heterocycles. The van der Waals surface area contributed by atoms with E-state index in [1.807, 2.05) is 17.9 Å². The summed E-state index contributed by atoms with van der Waals surface area (Å²) in [6, 6.07) is 0. The van der Waals surface area contributed by atoms with Gasteiger partial charge in [0.1, 0.15) is 0 Å². The molecule has 0 saturated carbocycles. The van der Waals surface area contributed by atoms with Crippen LogP contribution in [0.4, 0.5) is 0 Å². The molecule has 0 spiro atoms. The molecule has 2 rings (SSSR count). The molecule has 136 valence electrons. The molecule has 1 aromatic heterocycles. The summed E-state index contributed by atoms with van der Waals surface area (Å²) in [5.74, 6) is 0.841. The van der Waals surface area contributed by atoms with Gasteiger partial charge in [-0.25, -0.2) is 0 Å². The van der Waals surface area contributed by atoms with Gasteiger partial charge < -0.3 is 20.5 Å². The predicted octanol–water partition coefficient (Wildman–Crippen LogP) is 0.697. The van der Waals surface area contributed by atoms with Crippen molar-refractivity contribution in [2.75, 3.05) is 39.5 Å². The average Bonchev–Trinajstić information content (AvgIpc) is 3.19. The number of ether oxygens (including phenoxy) is 1. The van der Waals surface area contributed by atoms with E-state index >= 15 is 0 Å². The van der Waals surface area contributed by atoms with Gasteiger partial charge in [0.25, 0.3) is 0 Å². The first-order valence-corrected chi connectivity index (χ1v) is 8.86. The Balaban J connectivity index is 1.79. The van der Waals surface area contributed by atoms with Crippen LogP contribution in [0.1, 0.15) is 31.7 Å². The van der Waals surface area contributed by atoms with Crippen LogP contribution in [0.5, 0.6) is 0 Å². The van der Waals surface area contributed by atoms with Crippen LogP contribution in [0.25, 0.3) is 0 Å². The molecule has 2 heterocycles. The fourth-order valence-corrected chi connectivity index (χ4v) is 2.98. The molecule has 1 aliphatic heterocycles. The number of aliphatic hydroxyl groups excluding tert-OH is 1. The summed E-state index contributed by atoms with van der Waals surface area (Å²) >= 11 is 0. The number of guanidine groups is 1. The highest BCUT2D eigenvalue weighted by Crippen LogP contribution is 2.32. The summed E-state index contributed by atoms with van der Waals surface area (Å²) in [6.07, 6.45) is 7.72. The van der Waals surface area contributed by atoms with Crippen LogP contribution < -0.4 is 10.6 Å². The number of aliphatic imine (C=N–C) groups is 1. The monoisotopic (exact) mass is 337 g/mol. The number of rotatable bonds is 9. The summed E-state index contributed by atoms with van der Waals surface area (Å²) in [4.78, 5) is 4.72. The smallest absolute Gasteiger partial charge is 0.191 e. The Bertz CT molecular complexity index is 509. The minimum Gasteiger partial charge on any atom is -0.396 e. The number of aliphatic hydroxyl groups is 1. The third-order valence-electron chi connectivity index (χ3n) is 4.44. The molecule has 7 heteroatoms. The Morgan fingerprint density at radius 2 is 2.38 bits per heavy atom. The number of nitrogens with one attached hydrogen (secondary N) is 2. The second-order valence-electron chi connectivity index (χ2n) is 6.52. The van der Waals surface area contributed by atoms with Gasteiger partial charge in [-0.1, -0.05) is 0 Å². The lowest BCUT2D eigenvalue weighted by Crippen LogP contribution is -2.39. The lowest BCUT2D eigenvalue weighted by atomic mass is 9.84. The fraction of sp³-hybridized carbons (Fsp3) is 0.765. The van der Waals surface area contributed by atoms with Crippen molar-refractivity contribution >= 4 is 5.96 Å². The number of hydrogen-bond acceptors (Lipinski definition) is 4. The molecule has 1 aliphatic rings. The van der Waals surface area contributed by atoms with Crippen molar-refractivity contribution in [1.82, 2.24) is 20.4 Å². The fourth-order valence-electron chi connectivity index (χ4n) is 2.98. The lowest BCUT2D eigenvalue weighted by Gasteiger charge is -2.24. The molecule has 1 unspecified atom stereocenters. The topological polar surface area (TPSA) is 83.7 Å².